The van der Waals surface area contributed by atoms with Crippen molar-refractivity contribution in [1.82, 2.24) is 9.88 Å². The minimum absolute atomic E-state index is 0.623. The lowest BCUT2D eigenvalue weighted by Gasteiger charge is -2.23. The van der Waals surface area contributed by atoms with Crippen LogP contribution in [0.25, 0.3) is 0 Å². The fourth-order valence-electron chi connectivity index (χ4n) is 1.85. The molecule has 0 radical (unpaired) electrons. The van der Waals surface area contributed by atoms with Gasteiger partial charge in [-0.3, -0.25) is 4.90 Å². The molecular formula is C13H24N4O. The number of nitrogen functional groups attached to an aromatic ring is 1. The number of nitrogens with zero attached hydrogens (tertiary/aromatic N) is 2. The molecule has 0 aliphatic carbocycles. The molecule has 0 saturated heterocycles. The third-order valence-electron chi connectivity index (χ3n) is 2.58. The van der Waals surface area contributed by atoms with Crippen LogP contribution >= 0.6 is 0 Å². The van der Waals surface area contributed by atoms with Gasteiger partial charge in [0.15, 0.2) is 0 Å². The van der Waals surface area contributed by atoms with Gasteiger partial charge in [0.05, 0.1) is 12.3 Å². The number of ether oxygens (including phenoxy) is 1. The van der Waals surface area contributed by atoms with Crippen LogP contribution in [0.4, 0.5) is 5.82 Å². The van der Waals surface area contributed by atoms with Crippen molar-refractivity contribution in [2.24, 2.45) is 11.8 Å². The van der Waals surface area contributed by atoms with Crippen molar-refractivity contribution in [1.29, 1.82) is 0 Å². The maximum atomic E-state index is 5.36. The van der Waals surface area contributed by atoms with Crippen molar-refractivity contribution < 1.29 is 4.74 Å². The van der Waals surface area contributed by atoms with Crippen LogP contribution in [-0.4, -0.2) is 36.7 Å². The van der Waals surface area contributed by atoms with Crippen LogP contribution < -0.4 is 11.3 Å². The zero-order valence-corrected chi connectivity index (χ0v) is 11.5. The molecule has 0 amide bonds. The Bertz CT molecular complexity index is 344. The van der Waals surface area contributed by atoms with Crippen LogP contribution in [0.5, 0.6) is 0 Å². The number of methoxy groups -OCH3 is 1. The zero-order valence-electron chi connectivity index (χ0n) is 11.5. The van der Waals surface area contributed by atoms with E-state index in [1.54, 1.807) is 7.11 Å². The number of anilines is 1. The molecule has 0 spiro atoms. The summed E-state index contributed by atoms with van der Waals surface area (Å²) in [6, 6.07) is 5.83. The number of hydrogen-bond donors (Lipinski definition) is 2. The van der Waals surface area contributed by atoms with Crippen LogP contribution in [0.2, 0.25) is 0 Å². The molecule has 1 aromatic heterocycles. The highest BCUT2D eigenvalue weighted by atomic mass is 16.5. The first-order valence-corrected chi connectivity index (χ1v) is 6.29. The molecule has 0 unspecified atom stereocenters. The van der Waals surface area contributed by atoms with E-state index in [4.69, 9.17) is 10.6 Å². The molecule has 5 nitrogen and oxygen atoms in total. The molecule has 0 aliphatic heterocycles. The highest BCUT2D eigenvalue weighted by Crippen LogP contribution is 2.08. The van der Waals surface area contributed by atoms with Gasteiger partial charge in [-0.2, -0.15) is 0 Å². The molecule has 0 fully saturated rings. The Kier molecular flexibility index (Phi) is 6.64. The van der Waals surface area contributed by atoms with Crippen molar-refractivity contribution in [2.45, 2.75) is 20.4 Å². The van der Waals surface area contributed by atoms with Crippen molar-refractivity contribution in [3.05, 3.63) is 23.9 Å². The van der Waals surface area contributed by atoms with E-state index in [0.29, 0.717) is 11.7 Å². The summed E-state index contributed by atoms with van der Waals surface area (Å²) in [6.45, 7) is 7.93. The van der Waals surface area contributed by atoms with E-state index in [-0.39, 0.29) is 0 Å². The smallest absolute Gasteiger partial charge is 0.140 e. The molecule has 0 atom stereocenters. The number of pyridine rings is 1. The summed E-state index contributed by atoms with van der Waals surface area (Å²) >= 11 is 0. The predicted octanol–water partition coefficient (Wildman–Crippen LogP) is 1.47. The number of hydrogen-bond acceptors (Lipinski definition) is 5. The van der Waals surface area contributed by atoms with Gasteiger partial charge in [0.1, 0.15) is 5.82 Å². The maximum Gasteiger partial charge on any atom is 0.140 e. The average molecular weight is 252 g/mol. The van der Waals surface area contributed by atoms with E-state index in [1.807, 2.05) is 18.2 Å². The lowest BCUT2D eigenvalue weighted by molar-refractivity contribution is 0.135. The molecule has 1 aromatic rings. The van der Waals surface area contributed by atoms with Gasteiger partial charge in [-0.15, -0.1) is 0 Å². The summed E-state index contributed by atoms with van der Waals surface area (Å²) < 4.78 is 5.14. The van der Waals surface area contributed by atoms with E-state index < -0.39 is 0 Å². The van der Waals surface area contributed by atoms with E-state index in [9.17, 15) is 0 Å². The molecule has 1 heterocycles. The summed E-state index contributed by atoms with van der Waals surface area (Å²) in [6.07, 6.45) is 0. The molecule has 0 bridgehead atoms. The van der Waals surface area contributed by atoms with Crippen molar-refractivity contribution >= 4 is 5.82 Å². The van der Waals surface area contributed by atoms with Crippen molar-refractivity contribution in [2.75, 3.05) is 32.2 Å². The third-order valence-corrected chi connectivity index (χ3v) is 2.58. The second kappa shape index (κ2) is 8.02. The first-order valence-electron chi connectivity index (χ1n) is 6.29. The molecule has 3 N–H and O–H groups in total. The van der Waals surface area contributed by atoms with Gasteiger partial charge < -0.3 is 10.2 Å². The van der Waals surface area contributed by atoms with Crippen LogP contribution in [0, 0.1) is 5.92 Å². The minimum Gasteiger partial charge on any atom is -0.383 e. The van der Waals surface area contributed by atoms with E-state index in [2.05, 4.69) is 29.2 Å². The number of hydrazine groups is 1. The van der Waals surface area contributed by atoms with Gasteiger partial charge in [-0.25, -0.2) is 10.8 Å². The largest absolute Gasteiger partial charge is 0.383 e. The van der Waals surface area contributed by atoms with Gasteiger partial charge in [0, 0.05) is 26.7 Å². The van der Waals surface area contributed by atoms with Crippen LogP contribution in [0.3, 0.4) is 0 Å². The summed E-state index contributed by atoms with van der Waals surface area (Å²) in [5.74, 6) is 6.69. The second-order valence-electron chi connectivity index (χ2n) is 4.78. The summed E-state index contributed by atoms with van der Waals surface area (Å²) in [5.41, 5.74) is 3.59. The third kappa shape index (κ3) is 5.44. The quantitative estimate of drug-likeness (QED) is 0.542. The monoisotopic (exact) mass is 252 g/mol. The molecular weight excluding hydrogens is 228 g/mol. The summed E-state index contributed by atoms with van der Waals surface area (Å²) in [7, 11) is 1.73. The summed E-state index contributed by atoms with van der Waals surface area (Å²) in [5, 5.41) is 0. The van der Waals surface area contributed by atoms with Gasteiger partial charge in [0.25, 0.3) is 0 Å². The fraction of sp³-hybridized carbons (Fsp3) is 0.615. The fourth-order valence-corrected chi connectivity index (χ4v) is 1.85. The molecule has 5 heteroatoms. The zero-order chi connectivity index (χ0) is 13.4. The van der Waals surface area contributed by atoms with Gasteiger partial charge in [-0.05, 0) is 18.1 Å². The van der Waals surface area contributed by atoms with E-state index in [0.717, 1.165) is 31.9 Å². The van der Waals surface area contributed by atoms with E-state index in [1.165, 1.54) is 0 Å². The molecule has 1 rings (SSSR count). The Balaban J connectivity index is 2.62. The maximum absolute atomic E-state index is 5.36. The molecule has 18 heavy (non-hydrogen) atoms. The Labute approximate surface area is 109 Å². The Morgan fingerprint density at radius 1 is 1.44 bits per heavy atom. The van der Waals surface area contributed by atoms with Crippen LogP contribution in [0.1, 0.15) is 19.5 Å². The predicted molar refractivity (Wildman–Crippen MR) is 74.0 cm³/mol. The highest BCUT2D eigenvalue weighted by molar-refractivity contribution is 5.33. The highest BCUT2D eigenvalue weighted by Gasteiger charge is 2.09. The van der Waals surface area contributed by atoms with Gasteiger partial charge >= 0.3 is 0 Å². The Hall–Kier alpha value is -1.17. The molecule has 102 valence electrons. The molecule has 0 aromatic carbocycles. The lowest BCUT2D eigenvalue weighted by Crippen LogP contribution is -2.31. The topological polar surface area (TPSA) is 63.4 Å². The number of nitrogens with two attached hydrogens (primary N) is 1. The first-order chi connectivity index (χ1) is 8.65. The SMILES string of the molecule is COCCN(Cc1cccc(NN)n1)CC(C)C. The molecule has 0 saturated carbocycles. The minimum atomic E-state index is 0.623. The van der Waals surface area contributed by atoms with Gasteiger partial charge in [-0.1, -0.05) is 19.9 Å². The average Bonchev–Trinajstić information content (AvgIpc) is 2.35. The standard InChI is InChI=1S/C13H24N4O/c1-11(2)9-17(7-8-18-3)10-12-5-4-6-13(15-12)16-14/h4-6,11H,7-10,14H2,1-3H3,(H,15,16). The Morgan fingerprint density at radius 2 is 2.22 bits per heavy atom. The van der Waals surface area contributed by atoms with Crippen molar-refractivity contribution in [3.63, 3.8) is 0 Å². The van der Waals surface area contributed by atoms with E-state index >= 15 is 0 Å². The van der Waals surface area contributed by atoms with Crippen LogP contribution in [0.15, 0.2) is 18.2 Å². The lowest BCUT2D eigenvalue weighted by atomic mass is 10.2. The van der Waals surface area contributed by atoms with Crippen molar-refractivity contribution in [3.8, 4) is 0 Å². The first kappa shape index (κ1) is 14.9. The summed E-state index contributed by atoms with van der Waals surface area (Å²) in [4.78, 5) is 6.77. The Morgan fingerprint density at radius 3 is 2.83 bits per heavy atom. The normalized spacial score (nSPS) is 11.2. The number of nitrogens with one attached hydrogen (secondary N) is 1. The second-order valence-corrected chi connectivity index (χ2v) is 4.78. The molecule has 0 aliphatic rings. The number of rotatable bonds is 8. The number of aromatic nitrogens is 1. The van der Waals surface area contributed by atoms with Crippen LogP contribution in [-0.2, 0) is 11.3 Å². The van der Waals surface area contributed by atoms with Gasteiger partial charge in [0.2, 0.25) is 0 Å².